The zero-order chi connectivity index (χ0) is 18.9. The fourth-order valence-electron chi connectivity index (χ4n) is 3.80. The number of rotatable bonds is 4. The van der Waals surface area contributed by atoms with Crippen LogP contribution in [-0.2, 0) is 6.61 Å². The van der Waals surface area contributed by atoms with E-state index in [0.29, 0.717) is 17.2 Å². The molecule has 0 saturated heterocycles. The summed E-state index contributed by atoms with van der Waals surface area (Å²) >= 11 is 0. The number of furan rings is 1. The zero-order valence-corrected chi connectivity index (χ0v) is 14.9. The lowest BCUT2D eigenvalue weighted by Gasteiger charge is -2.45. The first-order valence-corrected chi connectivity index (χ1v) is 9.02. The SMILES string of the molecule is NC1=NC2(CCCCC2)N(c2cc(F)ccc2OCc2ccco2)C(N)=N1. The van der Waals surface area contributed by atoms with Gasteiger partial charge in [0.2, 0.25) is 11.9 Å². The lowest BCUT2D eigenvalue weighted by Crippen LogP contribution is -2.58. The second-order valence-electron chi connectivity index (χ2n) is 6.80. The fraction of sp³-hybridized carbons (Fsp3) is 0.368. The molecule has 1 saturated carbocycles. The van der Waals surface area contributed by atoms with Gasteiger partial charge in [-0.25, -0.2) is 9.38 Å². The Morgan fingerprint density at radius 1 is 1.19 bits per heavy atom. The molecule has 0 bridgehead atoms. The molecule has 0 atom stereocenters. The largest absolute Gasteiger partial charge is 0.483 e. The molecule has 7 nitrogen and oxygen atoms in total. The fourth-order valence-corrected chi connectivity index (χ4v) is 3.80. The van der Waals surface area contributed by atoms with Gasteiger partial charge in [-0.05, 0) is 49.9 Å². The van der Waals surface area contributed by atoms with Gasteiger partial charge in [0, 0.05) is 6.07 Å². The maximum atomic E-state index is 14.1. The first-order valence-electron chi connectivity index (χ1n) is 9.02. The summed E-state index contributed by atoms with van der Waals surface area (Å²) in [5.74, 6) is 1.10. The summed E-state index contributed by atoms with van der Waals surface area (Å²) in [4.78, 5) is 10.5. The molecule has 4 N–H and O–H groups in total. The number of anilines is 1. The second kappa shape index (κ2) is 6.94. The van der Waals surface area contributed by atoms with E-state index in [1.807, 2.05) is 6.07 Å². The maximum absolute atomic E-state index is 14.1. The van der Waals surface area contributed by atoms with Crippen LogP contribution >= 0.6 is 0 Å². The van der Waals surface area contributed by atoms with Gasteiger partial charge in [0.25, 0.3) is 0 Å². The van der Waals surface area contributed by atoms with Gasteiger partial charge < -0.3 is 20.6 Å². The van der Waals surface area contributed by atoms with Crippen molar-refractivity contribution in [1.29, 1.82) is 0 Å². The normalized spacial score (nSPS) is 18.9. The highest BCUT2D eigenvalue weighted by atomic mass is 19.1. The average Bonchev–Trinajstić information content (AvgIpc) is 3.14. The monoisotopic (exact) mass is 371 g/mol. The van der Waals surface area contributed by atoms with Crippen LogP contribution in [0.5, 0.6) is 5.75 Å². The number of nitrogens with two attached hydrogens (primary N) is 2. The number of nitrogens with zero attached hydrogens (tertiary/aromatic N) is 3. The molecule has 1 spiro atoms. The molecule has 2 aromatic rings. The van der Waals surface area contributed by atoms with Gasteiger partial charge in [-0.1, -0.05) is 6.42 Å². The van der Waals surface area contributed by atoms with Crippen LogP contribution in [0.3, 0.4) is 0 Å². The second-order valence-corrected chi connectivity index (χ2v) is 6.80. The van der Waals surface area contributed by atoms with Crippen molar-refractivity contribution >= 4 is 17.6 Å². The molecule has 27 heavy (non-hydrogen) atoms. The minimum atomic E-state index is -0.662. The quantitative estimate of drug-likeness (QED) is 0.860. The van der Waals surface area contributed by atoms with E-state index in [4.69, 9.17) is 20.6 Å². The molecule has 2 heterocycles. The molecule has 4 rings (SSSR count). The van der Waals surface area contributed by atoms with E-state index in [2.05, 4.69) is 9.98 Å². The molecule has 1 aromatic carbocycles. The molecule has 0 radical (unpaired) electrons. The van der Waals surface area contributed by atoms with Crippen LogP contribution in [0.4, 0.5) is 10.1 Å². The molecule has 1 aliphatic carbocycles. The van der Waals surface area contributed by atoms with Gasteiger partial charge in [-0.15, -0.1) is 0 Å². The van der Waals surface area contributed by atoms with Crippen molar-refractivity contribution in [3.8, 4) is 5.75 Å². The van der Waals surface area contributed by atoms with E-state index in [-0.39, 0.29) is 18.5 Å². The van der Waals surface area contributed by atoms with Crippen LogP contribution < -0.4 is 21.1 Å². The molecule has 0 unspecified atom stereocenters. The van der Waals surface area contributed by atoms with Crippen LogP contribution in [0.1, 0.15) is 37.9 Å². The summed E-state index contributed by atoms with van der Waals surface area (Å²) in [7, 11) is 0. The minimum absolute atomic E-state index is 0.153. The number of ether oxygens (including phenoxy) is 1. The van der Waals surface area contributed by atoms with Crippen LogP contribution in [0.15, 0.2) is 51.0 Å². The summed E-state index contributed by atoms with van der Waals surface area (Å²) in [5, 5.41) is 0. The Kier molecular flexibility index (Phi) is 4.47. The predicted octanol–water partition coefficient (Wildman–Crippen LogP) is 3.11. The van der Waals surface area contributed by atoms with Gasteiger partial charge in [0.1, 0.15) is 29.6 Å². The molecule has 1 aromatic heterocycles. The summed E-state index contributed by atoms with van der Waals surface area (Å²) in [6.45, 7) is 0.217. The topological polar surface area (TPSA) is 102 Å². The summed E-state index contributed by atoms with van der Waals surface area (Å²) in [6.07, 6.45) is 6.19. The highest BCUT2D eigenvalue weighted by Crippen LogP contribution is 2.43. The lowest BCUT2D eigenvalue weighted by atomic mass is 9.87. The average molecular weight is 371 g/mol. The smallest absolute Gasteiger partial charge is 0.220 e. The summed E-state index contributed by atoms with van der Waals surface area (Å²) in [5.41, 5.74) is 12.0. The third kappa shape index (κ3) is 3.34. The molecular weight excluding hydrogens is 349 g/mol. The van der Waals surface area contributed by atoms with E-state index >= 15 is 0 Å². The van der Waals surface area contributed by atoms with Gasteiger partial charge >= 0.3 is 0 Å². The predicted molar refractivity (Wildman–Crippen MR) is 101 cm³/mol. The highest BCUT2D eigenvalue weighted by Gasteiger charge is 2.43. The number of guanidine groups is 2. The van der Waals surface area contributed by atoms with Crippen molar-refractivity contribution in [1.82, 2.24) is 0 Å². The van der Waals surface area contributed by atoms with Crippen molar-refractivity contribution < 1.29 is 13.5 Å². The van der Waals surface area contributed by atoms with Crippen molar-refractivity contribution in [3.05, 3.63) is 48.2 Å². The van der Waals surface area contributed by atoms with Crippen molar-refractivity contribution in [2.45, 2.75) is 44.4 Å². The first kappa shape index (κ1) is 17.4. The van der Waals surface area contributed by atoms with E-state index in [1.54, 1.807) is 23.3 Å². The van der Waals surface area contributed by atoms with Gasteiger partial charge in [-0.3, -0.25) is 4.90 Å². The van der Waals surface area contributed by atoms with E-state index in [0.717, 1.165) is 32.1 Å². The number of hydrogen-bond acceptors (Lipinski definition) is 7. The van der Waals surface area contributed by atoms with Crippen molar-refractivity contribution in [3.63, 3.8) is 0 Å². The van der Waals surface area contributed by atoms with Crippen molar-refractivity contribution in [2.24, 2.45) is 21.5 Å². The molecule has 1 fully saturated rings. The number of hydrogen-bond donors (Lipinski definition) is 2. The standard InChI is InChI=1S/C19H22FN5O2/c20-13-6-7-16(27-12-14-5-4-10-26-14)15(11-13)25-18(22)23-17(21)24-19(25)8-2-1-3-9-19/h4-7,10-11H,1-3,8-9,12H2,(H4,21,22,23,24). The third-order valence-electron chi connectivity index (χ3n) is 4.96. The molecule has 1 aliphatic heterocycles. The third-order valence-corrected chi connectivity index (χ3v) is 4.96. The maximum Gasteiger partial charge on any atom is 0.220 e. The molecule has 8 heteroatoms. The van der Waals surface area contributed by atoms with E-state index in [9.17, 15) is 4.39 Å². The Morgan fingerprint density at radius 2 is 2.00 bits per heavy atom. The summed E-state index contributed by atoms with van der Waals surface area (Å²) in [6, 6.07) is 7.93. The number of halogens is 1. The molecule has 142 valence electrons. The molecular formula is C19H22FN5O2. The van der Waals surface area contributed by atoms with Crippen LogP contribution in [-0.4, -0.2) is 17.6 Å². The van der Waals surface area contributed by atoms with E-state index in [1.165, 1.54) is 12.1 Å². The number of aliphatic imine (C=N–C) groups is 2. The number of benzene rings is 1. The van der Waals surface area contributed by atoms with E-state index < -0.39 is 11.5 Å². The van der Waals surface area contributed by atoms with Gasteiger partial charge in [0.05, 0.1) is 12.0 Å². The summed E-state index contributed by atoms with van der Waals surface area (Å²) < 4.78 is 25.3. The van der Waals surface area contributed by atoms with Crippen LogP contribution in [0.2, 0.25) is 0 Å². The van der Waals surface area contributed by atoms with Gasteiger partial charge in [0.15, 0.2) is 0 Å². The molecule has 2 aliphatic rings. The molecule has 0 amide bonds. The Balaban J connectivity index is 1.73. The van der Waals surface area contributed by atoms with Gasteiger partial charge in [-0.2, -0.15) is 4.99 Å². The minimum Gasteiger partial charge on any atom is -0.483 e. The van der Waals surface area contributed by atoms with Crippen molar-refractivity contribution in [2.75, 3.05) is 4.90 Å². The Morgan fingerprint density at radius 3 is 2.74 bits per heavy atom. The Bertz CT molecular complexity index is 872. The first-order chi connectivity index (χ1) is 13.1. The lowest BCUT2D eigenvalue weighted by molar-refractivity contribution is 0.265. The Labute approximate surface area is 156 Å². The highest BCUT2D eigenvalue weighted by molar-refractivity contribution is 6.06. The van der Waals surface area contributed by atoms with Crippen LogP contribution in [0.25, 0.3) is 0 Å². The zero-order valence-electron chi connectivity index (χ0n) is 14.9. The van der Waals surface area contributed by atoms with Crippen LogP contribution in [0, 0.1) is 5.82 Å². The Hall–Kier alpha value is -3.03.